The number of methoxy groups -OCH3 is 6. The number of hydrogen-bond donors (Lipinski definition) is 0. The number of hydrogen-bond acceptors (Lipinski definition) is 19. The van der Waals surface area contributed by atoms with Crippen LogP contribution in [0.5, 0.6) is 0 Å². The molecule has 62 heavy (non-hydrogen) atoms. The maximum absolute atomic E-state index is 14.1. The normalized spacial score (nSPS) is 21.2. The van der Waals surface area contributed by atoms with Gasteiger partial charge in [0.05, 0.1) is 0 Å². The molecule has 0 rings (SSSR count). The van der Waals surface area contributed by atoms with Crippen LogP contribution < -0.4 is 0 Å². The van der Waals surface area contributed by atoms with E-state index in [9.17, 15) is 4.79 Å². The molecular weight excluding hydrogens is 853 g/mol. The van der Waals surface area contributed by atoms with Crippen molar-refractivity contribution in [1.29, 1.82) is 0 Å². The highest BCUT2D eigenvalue weighted by Gasteiger charge is 2.55. The van der Waals surface area contributed by atoms with Gasteiger partial charge in [0, 0.05) is 66.6 Å². The lowest BCUT2D eigenvalue weighted by Gasteiger charge is -2.41. The number of ketones is 1. The van der Waals surface area contributed by atoms with Gasteiger partial charge in [0.2, 0.25) is 0 Å². The molecule has 0 saturated carbocycles. The van der Waals surface area contributed by atoms with Crippen LogP contribution in [0.4, 0.5) is 0 Å². The first-order valence-corrected chi connectivity index (χ1v) is 25.4. The Morgan fingerprint density at radius 2 is 0.516 bits per heavy atom. The summed E-state index contributed by atoms with van der Waals surface area (Å²) in [5, 5.41) is 0. The molecule has 0 aliphatic heterocycles. The third-order valence-electron chi connectivity index (χ3n) is 9.80. The molecule has 21 heteroatoms. The Hall–Kier alpha value is -0.616. The van der Waals surface area contributed by atoms with Crippen LogP contribution in [0, 0.1) is 0 Å². The van der Waals surface area contributed by atoms with Gasteiger partial charge < -0.3 is 83.4 Å². The van der Waals surface area contributed by atoms with Crippen LogP contribution in [0.1, 0.15) is 135 Å². The fraction of sp³-hybridized carbons (Fsp3) is 0.976. The zero-order valence-electron chi connectivity index (χ0n) is 41.6. The molecule has 14 unspecified atom stereocenters. The maximum atomic E-state index is 14.1. The molecule has 19 nitrogen and oxygen atoms in total. The SMILES string of the molecule is CCC(CCC(=O)CCC(CC)[Si](OC(C)OC(C)OC)(OC(C)OC(C)OC)OC(C)OC(C)OC)[Si](OC(C)OC(C)OC)(OC(C)OC(C)OC)OC(C)OC(C)OC. The maximum Gasteiger partial charge on any atom is 0.510 e. The van der Waals surface area contributed by atoms with E-state index in [2.05, 4.69) is 0 Å². The molecule has 0 bridgehead atoms. The van der Waals surface area contributed by atoms with Crippen molar-refractivity contribution in [3.8, 4) is 0 Å². The zero-order chi connectivity index (χ0) is 47.6. The van der Waals surface area contributed by atoms with Gasteiger partial charge in [0.25, 0.3) is 0 Å². The number of carbonyl (C=O) groups excluding carboxylic acids is 1. The molecule has 0 aromatic heterocycles. The molecule has 0 aromatic rings. The summed E-state index contributed by atoms with van der Waals surface area (Å²) in [6.45, 7) is 24.8. The number of Topliss-reactive ketones (excluding diaryl/α,β-unsaturated/α-hetero) is 1. The smallest absolute Gasteiger partial charge is 0.356 e. The number of carbonyl (C=O) groups is 1. The average Bonchev–Trinajstić information content (AvgIpc) is 3.19. The zero-order valence-corrected chi connectivity index (χ0v) is 43.6. The molecule has 0 N–H and O–H groups in total. The summed E-state index contributed by atoms with van der Waals surface area (Å²) in [5.74, 6) is -0.0217. The number of rotatable bonds is 40. The lowest BCUT2D eigenvalue weighted by atomic mass is 10.1. The van der Waals surface area contributed by atoms with Crippen LogP contribution >= 0.6 is 0 Å². The van der Waals surface area contributed by atoms with Crippen molar-refractivity contribution in [1.82, 2.24) is 0 Å². The van der Waals surface area contributed by atoms with Crippen molar-refractivity contribution in [3.05, 3.63) is 0 Å². The van der Waals surface area contributed by atoms with E-state index in [0.717, 1.165) is 0 Å². The number of ether oxygens (including phenoxy) is 12. The minimum atomic E-state index is -3.93. The molecule has 0 spiro atoms. The van der Waals surface area contributed by atoms with Gasteiger partial charge in [-0.1, -0.05) is 13.8 Å². The topological polar surface area (TPSA) is 183 Å². The molecule has 0 aliphatic rings. The van der Waals surface area contributed by atoms with E-state index in [4.69, 9.17) is 83.4 Å². The monoisotopic (exact) mass is 939 g/mol. The van der Waals surface area contributed by atoms with Gasteiger partial charge in [-0.05, 0) is 109 Å². The van der Waals surface area contributed by atoms with E-state index in [1.54, 1.807) is 83.1 Å². The predicted octanol–water partition coefficient (Wildman–Crippen LogP) is 7.78. The molecule has 14 atom stereocenters. The lowest BCUT2D eigenvalue weighted by Crippen LogP contribution is -2.57. The first kappa shape index (κ1) is 61.4. The Morgan fingerprint density at radius 1 is 0.339 bits per heavy atom. The molecule has 0 heterocycles. The van der Waals surface area contributed by atoms with E-state index in [0.29, 0.717) is 25.7 Å². The average molecular weight is 939 g/mol. The lowest BCUT2D eigenvalue weighted by molar-refractivity contribution is -0.255. The Morgan fingerprint density at radius 3 is 0.661 bits per heavy atom. The second-order valence-electron chi connectivity index (χ2n) is 14.8. The molecule has 0 amide bonds. The van der Waals surface area contributed by atoms with Crippen molar-refractivity contribution in [3.63, 3.8) is 0 Å². The molecule has 0 aromatic carbocycles. The van der Waals surface area contributed by atoms with Gasteiger partial charge in [-0.2, -0.15) is 0 Å². The summed E-state index contributed by atoms with van der Waals surface area (Å²) in [4.78, 5) is 14.1. The second-order valence-corrected chi connectivity index (χ2v) is 20.2. The molecular formula is C41H86O19Si2. The van der Waals surface area contributed by atoms with Crippen molar-refractivity contribution >= 4 is 23.4 Å². The Bertz CT molecular complexity index is 950. The first-order valence-electron chi connectivity index (χ1n) is 21.8. The Labute approximate surface area is 375 Å². The van der Waals surface area contributed by atoms with Crippen molar-refractivity contribution in [2.45, 2.75) is 222 Å². The van der Waals surface area contributed by atoms with Gasteiger partial charge >= 0.3 is 17.6 Å². The van der Waals surface area contributed by atoms with E-state index in [1.165, 1.54) is 42.7 Å². The summed E-state index contributed by atoms with van der Waals surface area (Å²) < 4.78 is 108. The van der Waals surface area contributed by atoms with Crippen LogP contribution in [0.3, 0.4) is 0 Å². The van der Waals surface area contributed by atoms with E-state index in [-0.39, 0.29) is 18.6 Å². The highest BCUT2D eigenvalue weighted by molar-refractivity contribution is 6.63. The van der Waals surface area contributed by atoms with Gasteiger partial charge in [-0.3, -0.25) is 4.79 Å². The van der Waals surface area contributed by atoms with Gasteiger partial charge in [-0.15, -0.1) is 0 Å². The second kappa shape index (κ2) is 33.0. The fourth-order valence-corrected chi connectivity index (χ4v) is 12.9. The summed E-state index contributed by atoms with van der Waals surface area (Å²) in [6, 6.07) is 0. The molecule has 0 fully saturated rings. The minimum absolute atomic E-state index is 0.0217. The Kier molecular flexibility index (Phi) is 32.6. The van der Waals surface area contributed by atoms with Crippen LogP contribution in [-0.2, 0) is 88.2 Å². The first-order chi connectivity index (χ1) is 29.1. The summed E-state index contributed by atoms with van der Waals surface area (Å²) in [7, 11) is 1.33. The van der Waals surface area contributed by atoms with E-state index in [1.807, 2.05) is 13.8 Å². The van der Waals surface area contributed by atoms with Gasteiger partial charge in [0.15, 0.2) is 75.5 Å². The van der Waals surface area contributed by atoms with Crippen molar-refractivity contribution < 1.29 is 88.2 Å². The summed E-state index contributed by atoms with van der Waals surface area (Å²) in [5.41, 5.74) is -0.841. The predicted molar refractivity (Wildman–Crippen MR) is 232 cm³/mol. The minimum Gasteiger partial charge on any atom is -0.356 e. The standard InChI is InChI=1S/C41H86O19Si2/c1-21-40(61(55-33(9)49-27(3)43-15,56-34(10)50-28(4)44-16)57-35(11)51-29(5)45-17)25-23-39(42)24-26-41(22-2)62(58-36(12)52-30(6)46-18,59-37(13)53-31(7)47-19)60-38(14)54-32(8)48-20/h27-38,40-41H,21-26H2,1-20H3. The highest BCUT2D eigenvalue weighted by atomic mass is 28.4. The molecule has 0 saturated heterocycles. The van der Waals surface area contributed by atoms with Gasteiger partial charge in [-0.25, -0.2) is 0 Å². The molecule has 0 aliphatic carbocycles. The summed E-state index contributed by atoms with van der Waals surface area (Å²) in [6.07, 6.45) is -6.66. The van der Waals surface area contributed by atoms with E-state index >= 15 is 0 Å². The Balaban J connectivity index is 6.96. The third-order valence-corrected chi connectivity index (χ3v) is 17.2. The van der Waals surface area contributed by atoms with Crippen LogP contribution in [0.2, 0.25) is 11.1 Å². The fourth-order valence-electron chi connectivity index (χ4n) is 6.31. The largest absolute Gasteiger partial charge is 0.510 e. The highest BCUT2D eigenvalue weighted by Crippen LogP contribution is 2.40. The third kappa shape index (κ3) is 24.2. The van der Waals surface area contributed by atoms with Crippen LogP contribution in [0.25, 0.3) is 0 Å². The molecule has 0 radical (unpaired) electrons. The van der Waals surface area contributed by atoms with Crippen LogP contribution in [0.15, 0.2) is 0 Å². The molecule has 372 valence electrons. The van der Waals surface area contributed by atoms with E-state index < -0.39 is 104 Å². The quantitative estimate of drug-likeness (QED) is 0.0428. The summed E-state index contributed by atoms with van der Waals surface area (Å²) >= 11 is 0. The van der Waals surface area contributed by atoms with Gasteiger partial charge in [0.1, 0.15) is 5.78 Å². The van der Waals surface area contributed by atoms with Crippen LogP contribution in [-0.4, -0.2) is 142 Å². The van der Waals surface area contributed by atoms with Crippen molar-refractivity contribution in [2.75, 3.05) is 42.7 Å². The van der Waals surface area contributed by atoms with Crippen molar-refractivity contribution in [2.24, 2.45) is 0 Å².